The molecule has 0 saturated carbocycles. The molecule has 6 heteroatoms. The van der Waals surface area contributed by atoms with E-state index < -0.39 is 0 Å². The van der Waals surface area contributed by atoms with Crippen molar-refractivity contribution >= 4 is 11.6 Å². The lowest BCUT2D eigenvalue weighted by Crippen LogP contribution is -2.31. The first-order valence-electron chi connectivity index (χ1n) is 10.8. The van der Waals surface area contributed by atoms with Crippen molar-refractivity contribution in [1.29, 1.82) is 0 Å². The average Bonchev–Trinajstić information content (AvgIpc) is 2.80. The number of anilines is 1. The Kier molecular flexibility index (Phi) is 7.98. The Hall–Kier alpha value is -3.41. The number of carbonyl (C=O) groups excluding carboxylic acids is 1. The predicted octanol–water partition coefficient (Wildman–Crippen LogP) is 3.64. The van der Waals surface area contributed by atoms with Crippen LogP contribution < -0.4 is 15.8 Å². The number of benzene rings is 2. The van der Waals surface area contributed by atoms with E-state index >= 15 is 0 Å². The maximum absolute atomic E-state index is 12.2. The first kappa shape index (κ1) is 22.3. The average molecular weight is 419 g/mol. The molecule has 0 unspecified atom stereocenters. The molecule has 162 valence electrons. The van der Waals surface area contributed by atoms with Crippen LogP contribution in [0.15, 0.2) is 71.5 Å². The van der Waals surface area contributed by atoms with E-state index in [0.717, 1.165) is 30.8 Å². The number of nitrogens with one attached hydrogen (secondary N) is 1. The third-order valence-corrected chi connectivity index (χ3v) is 5.19. The Morgan fingerprint density at radius 3 is 2.48 bits per heavy atom. The zero-order valence-corrected chi connectivity index (χ0v) is 18.3. The van der Waals surface area contributed by atoms with E-state index in [1.165, 1.54) is 22.0 Å². The molecule has 1 N–H and O–H groups in total. The molecule has 0 atom stereocenters. The van der Waals surface area contributed by atoms with Gasteiger partial charge in [0.15, 0.2) is 0 Å². The van der Waals surface area contributed by atoms with Crippen LogP contribution in [-0.4, -0.2) is 35.3 Å². The zero-order valence-electron chi connectivity index (χ0n) is 18.3. The van der Waals surface area contributed by atoms with Crippen LogP contribution in [0.2, 0.25) is 0 Å². The molecule has 0 spiro atoms. The van der Waals surface area contributed by atoms with Gasteiger partial charge in [-0.3, -0.25) is 9.59 Å². The zero-order chi connectivity index (χ0) is 22.1. The van der Waals surface area contributed by atoms with Crippen molar-refractivity contribution < 1.29 is 4.79 Å². The number of aryl methyl sites for hydroxylation is 2. The van der Waals surface area contributed by atoms with E-state index in [4.69, 9.17) is 0 Å². The molecule has 1 amide bonds. The number of carbonyl (C=O) groups is 1. The fraction of sp³-hybridized carbons (Fsp3) is 0.320. The summed E-state index contributed by atoms with van der Waals surface area (Å²) >= 11 is 0. The highest BCUT2D eigenvalue weighted by atomic mass is 16.2. The van der Waals surface area contributed by atoms with Crippen molar-refractivity contribution in [3.8, 4) is 11.3 Å². The number of aromatic nitrogens is 2. The van der Waals surface area contributed by atoms with E-state index in [1.54, 1.807) is 6.07 Å². The van der Waals surface area contributed by atoms with E-state index in [-0.39, 0.29) is 24.4 Å². The van der Waals surface area contributed by atoms with Crippen molar-refractivity contribution in [1.82, 2.24) is 15.1 Å². The summed E-state index contributed by atoms with van der Waals surface area (Å²) in [5.41, 5.74) is 3.82. The molecule has 0 aliphatic carbocycles. The molecule has 1 heterocycles. The van der Waals surface area contributed by atoms with Crippen LogP contribution in [0.5, 0.6) is 0 Å². The minimum Gasteiger partial charge on any atom is -0.372 e. The molecule has 0 bridgehead atoms. The lowest BCUT2D eigenvalue weighted by atomic mass is 10.1. The topological polar surface area (TPSA) is 67.2 Å². The fourth-order valence-electron chi connectivity index (χ4n) is 3.39. The summed E-state index contributed by atoms with van der Waals surface area (Å²) in [7, 11) is 0. The number of amides is 1. The molecule has 0 aliphatic heterocycles. The van der Waals surface area contributed by atoms with Crippen LogP contribution in [0.3, 0.4) is 0 Å². The number of hydrogen-bond donors (Lipinski definition) is 1. The standard InChI is InChI=1S/C25H30N4O2/c1-3-28(22-8-5-4-6-9-22)18-7-17-26-24(30)16-19-29-25(31)15-14-23(27-29)21-12-10-20(2)11-13-21/h4-6,8-15H,3,7,16-19H2,1-2H3,(H,26,30). The van der Waals surface area contributed by atoms with Crippen molar-refractivity contribution in [3.05, 3.63) is 82.6 Å². The first-order chi connectivity index (χ1) is 15.1. The van der Waals surface area contributed by atoms with Gasteiger partial charge in [-0.25, -0.2) is 4.68 Å². The normalized spacial score (nSPS) is 10.6. The molecule has 0 aliphatic rings. The molecule has 3 rings (SSSR count). The van der Waals surface area contributed by atoms with Gasteiger partial charge in [-0.05, 0) is 38.5 Å². The number of rotatable bonds is 10. The number of nitrogens with zero attached hydrogens (tertiary/aromatic N) is 3. The highest BCUT2D eigenvalue weighted by molar-refractivity contribution is 5.75. The second-order valence-electron chi connectivity index (χ2n) is 7.51. The number of hydrogen-bond acceptors (Lipinski definition) is 4. The Balaban J connectivity index is 1.47. The van der Waals surface area contributed by atoms with Crippen LogP contribution in [0, 0.1) is 6.92 Å². The molecule has 0 fully saturated rings. The quantitative estimate of drug-likeness (QED) is 0.511. The van der Waals surface area contributed by atoms with E-state index in [2.05, 4.69) is 34.4 Å². The Bertz CT molecular complexity index is 1030. The molecule has 31 heavy (non-hydrogen) atoms. The second kappa shape index (κ2) is 11.1. The van der Waals surface area contributed by atoms with E-state index in [1.807, 2.05) is 49.4 Å². The van der Waals surface area contributed by atoms with Gasteiger partial charge in [0.05, 0.1) is 12.2 Å². The molecule has 0 radical (unpaired) electrons. The maximum atomic E-state index is 12.2. The lowest BCUT2D eigenvalue weighted by molar-refractivity contribution is -0.121. The summed E-state index contributed by atoms with van der Waals surface area (Å²) in [5, 5.41) is 7.37. The van der Waals surface area contributed by atoms with Gasteiger partial charge in [-0.2, -0.15) is 5.10 Å². The molecular weight excluding hydrogens is 388 g/mol. The fourth-order valence-corrected chi connectivity index (χ4v) is 3.39. The highest BCUT2D eigenvalue weighted by Crippen LogP contribution is 2.16. The smallest absolute Gasteiger partial charge is 0.266 e. The number of para-hydroxylation sites is 1. The molecule has 6 nitrogen and oxygen atoms in total. The Morgan fingerprint density at radius 1 is 1.03 bits per heavy atom. The van der Waals surface area contributed by atoms with Gasteiger partial charge < -0.3 is 10.2 Å². The molecular formula is C25H30N4O2. The van der Waals surface area contributed by atoms with Crippen LogP contribution in [0.25, 0.3) is 11.3 Å². The van der Waals surface area contributed by atoms with E-state index in [9.17, 15) is 9.59 Å². The second-order valence-corrected chi connectivity index (χ2v) is 7.51. The SMILES string of the molecule is CCN(CCCNC(=O)CCn1nc(-c2ccc(C)cc2)ccc1=O)c1ccccc1. The van der Waals surface area contributed by atoms with Crippen LogP contribution in [-0.2, 0) is 11.3 Å². The van der Waals surface area contributed by atoms with Gasteiger partial charge in [0, 0.05) is 43.4 Å². The Morgan fingerprint density at radius 2 is 1.77 bits per heavy atom. The molecule has 0 saturated heterocycles. The van der Waals surface area contributed by atoms with Crippen LogP contribution in [0.4, 0.5) is 5.69 Å². The minimum absolute atomic E-state index is 0.0720. The lowest BCUT2D eigenvalue weighted by Gasteiger charge is -2.23. The van der Waals surface area contributed by atoms with Gasteiger partial charge in [0.25, 0.3) is 5.56 Å². The third kappa shape index (κ3) is 6.54. The highest BCUT2D eigenvalue weighted by Gasteiger charge is 2.07. The molecule has 1 aromatic heterocycles. The maximum Gasteiger partial charge on any atom is 0.266 e. The summed E-state index contributed by atoms with van der Waals surface area (Å²) < 4.78 is 1.36. The van der Waals surface area contributed by atoms with Gasteiger partial charge in [0.2, 0.25) is 5.91 Å². The van der Waals surface area contributed by atoms with Crippen molar-refractivity contribution in [2.75, 3.05) is 24.5 Å². The third-order valence-electron chi connectivity index (χ3n) is 5.19. The van der Waals surface area contributed by atoms with Gasteiger partial charge in [-0.1, -0.05) is 48.0 Å². The van der Waals surface area contributed by atoms with Crippen molar-refractivity contribution in [2.45, 2.75) is 33.2 Å². The molecule has 3 aromatic rings. The van der Waals surface area contributed by atoms with Crippen LogP contribution in [0.1, 0.15) is 25.3 Å². The Labute approximate surface area is 183 Å². The van der Waals surface area contributed by atoms with Crippen LogP contribution >= 0.6 is 0 Å². The van der Waals surface area contributed by atoms with E-state index in [0.29, 0.717) is 6.54 Å². The van der Waals surface area contributed by atoms with Gasteiger partial charge in [-0.15, -0.1) is 0 Å². The van der Waals surface area contributed by atoms with Crippen molar-refractivity contribution in [3.63, 3.8) is 0 Å². The summed E-state index contributed by atoms with van der Waals surface area (Å²) in [6.45, 7) is 6.81. The summed E-state index contributed by atoms with van der Waals surface area (Å²) in [6.07, 6.45) is 1.08. The predicted molar refractivity (Wildman–Crippen MR) is 125 cm³/mol. The summed E-state index contributed by atoms with van der Waals surface area (Å²) in [4.78, 5) is 26.7. The summed E-state index contributed by atoms with van der Waals surface area (Å²) in [5.74, 6) is -0.0720. The first-order valence-corrected chi connectivity index (χ1v) is 10.8. The summed E-state index contributed by atoms with van der Waals surface area (Å²) in [6, 6.07) is 21.5. The largest absolute Gasteiger partial charge is 0.372 e. The van der Waals surface area contributed by atoms with Gasteiger partial charge >= 0.3 is 0 Å². The minimum atomic E-state index is -0.204. The van der Waals surface area contributed by atoms with Gasteiger partial charge in [0.1, 0.15) is 0 Å². The molecule has 2 aromatic carbocycles. The van der Waals surface area contributed by atoms with Crippen molar-refractivity contribution in [2.24, 2.45) is 0 Å². The monoisotopic (exact) mass is 418 g/mol.